The first-order valence-electron chi connectivity index (χ1n) is 15.1. The maximum Gasteiger partial charge on any atom is 0.357 e. The molecule has 0 saturated carbocycles. The summed E-state index contributed by atoms with van der Waals surface area (Å²) in [5, 5.41) is 16.3. The normalized spacial score (nSPS) is 19.1. The first-order chi connectivity index (χ1) is 19.0. The molecule has 2 heterocycles. The Morgan fingerprint density at radius 2 is 1.93 bits per heavy atom. The van der Waals surface area contributed by atoms with Gasteiger partial charge in [0.2, 0.25) is 11.8 Å². The predicted molar refractivity (Wildman–Crippen MR) is 159 cm³/mol. The molecule has 2 rings (SSSR count). The fourth-order valence-electron chi connectivity index (χ4n) is 5.39. The number of aromatic nitrogens is 1. The van der Waals surface area contributed by atoms with Crippen molar-refractivity contribution in [2.75, 3.05) is 27.2 Å². The lowest BCUT2D eigenvalue weighted by Crippen LogP contribution is -2.58. The van der Waals surface area contributed by atoms with Crippen molar-refractivity contribution in [3.63, 3.8) is 0 Å². The van der Waals surface area contributed by atoms with Crippen molar-refractivity contribution < 1.29 is 24.2 Å². The van der Waals surface area contributed by atoms with E-state index in [9.17, 15) is 19.5 Å². The molecule has 2 amide bonds. The van der Waals surface area contributed by atoms with Crippen LogP contribution in [0, 0.1) is 11.8 Å². The van der Waals surface area contributed by atoms with Gasteiger partial charge in [-0.25, -0.2) is 9.78 Å². The van der Waals surface area contributed by atoms with Gasteiger partial charge in [-0.05, 0) is 44.7 Å². The lowest BCUT2D eigenvalue weighted by Gasteiger charge is -2.40. The van der Waals surface area contributed by atoms with E-state index >= 15 is 0 Å². The van der Waals surface area contributed by atoms with Crippen LogP contribution in [0.3, 0.4) is 0 Å². The number of likely N-dealkylation sites (N-methyl/N-ethyl adjacent to an activating group) is 1. The zero-order valence-corrected chi connectivity index (χ0v) is 26.5. The molecular formula is C30H52N4O5S. The molecule has 1 aromatic heterocycles. The number of methoxy groups -OCH3 is 1. The van der Waals surface area contributed by atoms with Crippen molar-refractivity contribution in [2.45, 2.75) is 117 Å². The van der Waals surface area contributed by atoms with E-state index in [0.717, 1.165) is 57.9 Å². The summed E-state index contributed by atoms with van der Waals surface area (Å²) in [5.74, 6) is -0.687. The van der Waals surface area contributed by atoms with E-state index in [-0.39, 0.29) is 47.8 Å². The second-order valence-electron chi connectivity index (χ2n) is 11.6. The number of nitrogens with one attached hydrogen (secondary N) is 1. The second-order valence-corrected chi connectivity index (χ2v) is 12.5. The summed E-state index contributed by atoms with van der Waals surface area (Å²) in [6.07, 6.45) is 7.04. The Bertz CT molecular complexity index is 939. The molecule has 2 N–H and O–H groups in total. The number of carbonyl (C=O) groups is 3. The maximum absolute atomic E-state index is 14.3. The number of esters is 1. The van der Waals surface area contributed by atoms with Crippen molar-refractivity contribution in [1.82, 2.24) is 20.1 Å². The van der Waals surface area contributed by atoms with Crippen LogP contribution in [0.1, 0.15) is 114 Å². The molecule has 1 aromatic rings. The number of rotatable bonds is 16. The second kappa shape index (κ2) is 17.0. The predicted octanol–water partition coefficient (Wildman–Crippen LogP) is 4.80. The highest BCUT2D eigenvalue weighted by molar-refractivity contribution is 7.09. The van der Waals surface area contributed by atoms with E-state index in [4.69, 9.17) is 4.74 Å². The third-order valence-electron chi connectivity index (χ3n) is 8.22. The summed E-state index contributed by atoms with van der Waals surface area (Å²) in [6, 6.07) is -1.12. The summed E-state index contributed by atoms with van der Waals surface area (Å²) >= 11 is 1.21. The summed E-state index contributed by atoms with van der Waals surface area (Å²) in [4.78, 5) is 47.9. The molecular weight excluding hydrogens is 528 g/mol. The van der Waals surface area contributed by atoms with Gasteiger partial charge in [-0.1, -0.05) is 66.7 Å². The molecule has 1 unspecified atom stereocenters. The summed E-state index contributed by atoms with van der Waals surface area (Å²) in [6.45, 7) is 11.8. The maximum atomic E-state index is 14.3. The highest BCUT2D eigenvalue weighted by Crippen LogP contribution is 2.29. The van der Waals surface area contributed by atoms with Gasteiger partial charge in [0.05, 0.1) is 13.2 Å². The zero-order valence-electron chi connectivity index (χ0n) is 25.6. The number of likely N-dealkylation sites (tertiary alicyclic amines) is 1. The molecule has 228 valence electrons. The first kappa shape index (κ1) is 34.2. The highest BCUT2D eigenvalue weighted by Gasteiger charge is 2.37. The molecule has 9 nitrogen and oxygen atoms in total. The van der Waals surface area contributed by atoms with E-state index in [2.05, 4.69) is 36.0 Å². The monoisotopic (exact) mass is 580 g/mol. The first-order valence-corrected chi connectivity index (χ1v) is 16.0. The Hall–Kier alpha value is -2.04. The van der Waals surface area contributed by atoms with Gasteiger partial charge in [0.1, 0.15) is 17.2 Å². The molecule has 1 aliphatic rings. The lowest BCUT2D eigenvalue weighted by molar-refractivity contribution is -0.142. The average Bonchev–Trinajstić information content (AvgIpc) is 3.44. The smallest absolute Gasteiger partial charge is 0.357 e. The molecule has 0 aliphatic carbocycles. The number of hydrogen-bond acceptors (Lipinski definition) is 8. The third kappa shape index (κ3) is 9.52. The largest absolute Gasteiger partial charge is 0.464 e. The van der Waals surface area contributed by atoms with Crippen LogP contribution >= 0.6 is 11.3 Å². The van der Waals surface area contributed by atoms with Crippen molar-refractivity contribution in [3.05, 3.63) is 16.1 Å². The fourth-order valence-corrected chi connectivity index (χ4v) is 6.18. The molecule has 10 heteroatoms. The fraction of sp³-hybridized carbons (Fsp3) is 0.800. The number of unbranched alkanes of at least 4 members (excludes halogenated alkanes) is 3. The number of piperidine rings is 1. The van der Waals surface area contributed by atoms with Crippen LogP contribution < -0.4 is 5.32 Å². The van der Waals surface area contributed by atoms with E-state index in [0.29, 0.717) is 11.6 Å². The molecule has 0 spiro atoms. The topological polar surface area (TPSA) is 112 Å². The number of thiazole rings is 1. The number of aliphatic hydroxyl groups is 1. The Kier molecular flexibility index (Phi) is 14.6. The molecule has 5 atom stereocenters. The van der Waals surface area contributed by atoms with Crippen LogP contribution in [0.2, 0.25) is 0 Å². The zero-order chi connectivity index (χ0) is 29.8. The van der Waals surface area contributed by atoms with Crippen LogP contribution in [0.15, 0.2) is 5.38 Å². The minimum absolute atomic E-state index is 0.0391. The quantitative estimate of drug-likeness (QED) is 0.213. The van der Waals surface area contributed by atoms with Crippen LogP contribution in [-0.2, 0) is 14.3 Å². The van der Waals surface area contributed by atoms with Gasteiger partial charge >= 0.3 is 5.97 Å². The number of nitrogens with zero attached hydrogens (tertiary/aromatic N) is 3. The Morgan fingerprint density at radius 1 is 1.20 bits per heavy atom. The summed E-state index contributed by atoms with van der Waals surface area (Å²) in [7, 11) is 3.28. The van der Waals surface area contributed by atoms with E-state index < -0.39 is 18.1 Å². The Balaban J connectivity index is 2.33. The van der Waals surface area contributed by atoms with Gasteiger partial charge < -0.3 is 20.1 Å². The standard InChI is InChI=1S/C30H52N4O5S/c1-8-10-11-13-17-34(24(20(3)4)18-25(35)28-31-22(19-40-28)30(38)39-7)29(37)26(21(5)9-2)32-27(36)23-15-12-14-16-33(23)6/h19-21,23-26,35H,8-18H2,1-7H3,(H,32,36)/t21-,23?,24+,25+,26-/m0/s1. The van der Waals surface area contributed by atoms with E-state index in [1.54, 1.807) is 5.38 Å². The van der Waals surface area contributed by atoms with E-state index in [1.165, 1.54) is 18.4 Å². The summed E-state index contributed by atoms with van der Waals surface area (Å²) in [5.41, 5.74) is 0.169. The van der Waals surface area contributed by atoms with Gasteiger partial charge in [-0.15, -0.1) is 11.3 Å². The minimum atomic E-state index is -0.936. The van der Waals surface area contributed by atoms with Crippen molar-refractivity contribution in [3.8, 4) is 0 Å². The van der Waals surface area contributed by atoms with Crippen LogP contribution in [-0.4, -0.2) is 83.0 Å². The molecule has 0 radical (unpaired) electrons. The highest BCUT2D eigenvalue weighted by atomic mass is 32.1. The van der Waals surface area contributed by atoms with E-state index in [1.807, 2.05) is 25.8 Å². The van der Waals surface area contributed by atoms with Crippen molar-refractivity contribution >= 4 is 29.1 Å². The van der Waals surface area contributed by atoms with Gasteiger partial charge in [0.25, 0.3) is 0 Å². The number of aliphatic hydroxyl groups excluding tert-OH is 1. The number of amides is 2. The van der Waals surface area contributed by atoms with Crippen LogP contribution in [0.25, 0.3) is 0 Å². The molecule has 1 saturated heterocycles. The number of ether oxygens (including phenoxy) is 1. The molecule has 0 aromatic carbocycles. The van der Waals surface area contributed by atoms with Crippen molar-refractivity contribution in [2.24, 2.45) is 11.8 Å². The molecule has 1 fully saturated rings. The Labute approximate surface area is 245 Å². The minimum Gasteiger partial charge on any atom is -0.464 e. The summed E-state index contributed by atoms with van der Waals surface area (Å²) < 4.78 is 4.76. The average molecular weight is 581 g/mol. The van der Waals surface area contributed by atoms with Gasteiger partial charge in [-0.3, -0.25) is 14.5 Å². The lowest BCUT2D eigenvalue weighted by atomic mass is 9.91. The van der Waals surface area contributed by atoms with Crippen LogP contribution in [0.5, 0.6) is 0 Å². The van der Waals surface area contributed by atoms with Crippen LogP contribution in [0.4, 0.5) is 0 Å². The molecule has 1 aliphatic heterocycles. The van der Waals surface area contributed by atoms with Crippen molar-refractivity contribution in [1.29, 1.82) is 0 Å². The van der Waals surface area contributed by atoms with Gasteiger partial charge in [0.15, 0.2) is 5.69 Å². The molecule has 0 bridgehead atoms. The van der Waals surface area contributed by atoms with Gasteiger partial charge in [0, 0.05) is 24.4 Å². The van der Waals surface area contributed by atoms with Gasteiger partial charge in [-0.2, -0.15) is 0 Å². The SMILES string of the molecule is CCCCCCN(C(=O)[C@@H](NC(=O)C1CCCCN1C)[C@@H](C)CC)[C@H](C[C@@H](O)c1nc(C(=O)OC)cs1)C(C)C. The molecule has 40 heavy (non-hydrogen) atoms. The number of hydrogen-bond donors (Lipinski definition) is 2. The third-order valence-corrected chi connectivity index (χ3v) is 9.17. The Morgan fingerprint density at radius 3 is 2.52 bits per heavy atom. The number of carbonyl (C=O) groups excluding carboxylic acids is 3.